The van der Waals surface area contributed by atoms with Crippen LogP contribution >= 0.6 is 0 Å². The first-order valence-corrected chi connectivity index (χ1v) is 7.80. The van der Waals surface area contributed by atoms with Gasteiger partial charge in [-0.15, -0.1) is 0 Å². The van der Waals surface area contributed by atoms with Crippen molar-refractivity contribution in [1.82, 2.24) is 10.2 Å². The van der Waals surface area contributed by atoms with Crippen molar-refractivity contribution in [1.29, 1.82) is 0 Å². The number of likely N-dealkylation sites (N-methyl/N-ethyl adjacent to an activating group) is 1. The van der Waals surface area contributed by atoms with Gasteiger partial charge in [-0.05, 0) is 47.0 Å². The number of amides is 1. The number of halogens is 3. The van der Waals surface area contributed by atoms with Crippen LogP contribution in [0.15, 0.2) is 24.3 Å². The van der Waals surface area contributed by atoms with Gasteiger partial charge in [0.2, 0.25) is 5.91 Å². The number of hydrogen-bond donors (Lipinski definition) is 2. The first kappa shape index (κ1) is 20.4. The normalized spacial score (nSPS) is 13.9. The van der Waals surface area contributed by atoms with E-state index in [2.05, 4.69) is 29.4 Å². The van der Waals surface area contributed by atoms with Gasteiger partial charge in [-0.1, -0.05) is 12.1 Å². The Morgan fingerprint density at radius 3 is 2.33 bits per heavy atom. The molecular weight excluding hydrogens is 319 g/mol. The molecule has 1 aromatic carbocycles. The van der Waals surface area contributed by atoms with E-state index >= 15 is 0 Å². The molecule has 1 amide bonds. The molecule has 0 aliphatic carbocycles. The van der Waals surface area contributed by atoms with Gasteiger partial charge in [-0.25, -0.2) is 0 Å². The third kappa shape index (κ3) is 6.13. The van der Waals surface area contributed by atoms with Gasteiger partial charge in [-0.2, -0.15) is 13.2 Å². The fraction of sp³-hybridized carbons (Fsp3) is 0.588. The number of anilines is 1. The van der Waals surface area contributed by atoms with Gasteiger partial charge < -0.3 is 15.5 Å². The number of para-hydroxylation sites is 1. The molecule has 0 bridgehead atoms. The maximum absolute atomic E-state index is 12.9. The lowest BCUT2D eigenvalue weighted by Crippen LogP contribution is -2.49. The molecule has 1 aromatic rings. The quantitative estimate of drug-likeness (QED) is 0.796. The van der Waals surface area contributed by atoms with Crippen LogP contribution in [0.5, 0.6) is 0 Å². The third-order valence-corrected chi connectivity index (χ3v) is 4.09. The molecular formula is C17H26F3N3O. The third-order valence-electron chi connectivity index (χ3n) is 4.09. The second-order valence-corrected chi connectivity index (χ2v) is 6.78. The monoisotopic (exact) mass is 345 g/mol. The predicted octanol–water partition coefficient (Wildman–Crippen LogP) is 3.35. The summed E-state index contributed by atoms with van der Waals surface area (Å²) in [7, 11) is 3.93. The summed E-state index contributed by atoms with van der Waals surface area (Å²) in [6.45, 7) is 6.62. The lowest BCUT2D eigenvalue weighted by atomic mass is 10.0. The highest BCUT2D eigenvalue weighted by Gasteiger charge is 2.33. The lowest BCUT2D eigenvalue weighted by Gasteiger charge is -2.34. The highest BCUT2D eigenvalue weighted by Crippen LogP contribution is 2.34. The van der Waals surface area contributed by atoms with Crippen molar-refractivity contribution in [3.05, 3.63) is 29.8 Å². The summed E-state index contributed by atoms with van der Waals surface area (Å²) in [6, 6.07) is 4.82. The number of rotatable bonds is 7. The Labute approximate surface area is 141 Å². The van der Waals surface area contributed by atoms with Gasteiger partial charge in [0.05, 0.1) is 11.3 Å². The highest BCUT2D eigenvalue weighted by molar-refractivity contribution is 5.92. The van der Waals surface area contributed by atoms with E-state index in [4.69, 9.17) is 0 Å². The number of alkyl halides is 3. The Morgan fingerprint density at radius 2 is 1.79 bits per heavy atom. The van der Waals surface area contributed by atoms with E-state index in [0.717, 1.165) is 6.07 Å². The highest BCUT2D eigenvalue weighted by atomic mass is 19.4. The predicted molar refractivity (Wildman–Crippen MR) is 89.9 cm³/mol. The second kappa shape index (κ2) is 7.98. The van der Waals surface area contributed by atoms with Gasteiger partial charge in [0.15, 0.2) is 0 Å². The molecule has 0 saturated carbocycles. The maximum Gasteiger partial charge on any atom is 0.418 e. The SMILES string of the molecule is CC(CC(=O)Nc1ccccc1C(F)(F)F)NCC(C)(C)N(C)C. The molecule has 1 unspecified atom stereocenters. The van der Waals surface area contributed by atoms with Crippen LogP contribution in [-0.4, -0.2) is 43.0 Å². The fourth-order valence-corrected chi connectivity index (χ4v) is 1.97. The Bertz CT molecular complexity index is 556. The zero-order valence-electron chi connectivity index (χ0n) is 14.8. The summed E-state index contributed by atoms with van der Waals surface area (Å²) in [5.74, 6) is -0.450. The molecule has 0 saturated heterocycles. The number of nitrogens with one attached hydrogen (secondary N) is 2. The van der Waals surface area contributed by atoms with Crippen molar-refractivity contribution in [2.75, 3.05) is 26.0 Å². The summed E-state index contributed by atoms with van der Waals surface area (Å²) in [5, 5.41) is 5.60. The minimum atomic E-state index is -4.50. The van der Waals surface area contributed by atoms with Gasteiger partial charge in [-0.3, -0.25) is 4.79 Å². The fourth-order valence-electron chi connectivity index (χ4n) is 1.97. The topological polar surface area (TPSA) is 44.4 Å². The first-order valence-electron chi connectivity index (χ1n) is 7.80. The average molecular weight is 345 g/mol. The van der Waals surface area contributed by atoms with Crippen LogP contribution in [0.4, 0.5) is 18.9 Å². The van der Waals surface area contributed by atoms with Crippen LogP contribution in [-0.2, 0) is 11.0 Å². The van der Waals surface area contributed by atoms with Crippen molar-refractivity contribution in [2.45, 2.75) is 44.9 Å². The zero-order chi connectivity index (χ0) is 18.5. The summed E-state index contributed by atoms with van der Waals surface area (Å²) < 4.78 is 38.8. The molecule has 0 heterocycles. The van der Waals surface area contributed by atoms with E-state index in [1.165, 1.54) is 18.2 Å². The Balaban J connectivity index is 2.61. The summed E-state index contributed by atoms with van der Waals surface area (Å²) in [5.41, 5.74) is -1.14. The summed E-state index contributed by atoms with van der Waals surface area (Å²) >= 11 is 0. The number of benzene rings is 1. The number of nitrogens with zero attached hydrogens (tertiary/aromatic N) is 1. The van der Waals surface area contributed by atoms with Crippen molar-refractivity contribution < 1.29 is 18.0 Å². The van der Waals surface area contributed by atoms with Crippen LogP contribution in [0.2, 0.25) is 0 Å². The van der Waals surface area contributed by atoms with Crippen LogP contribution < -0.4 is 10.6 Å². The van der Waals surface area contributed by atoms with E-state index in [1.807, 2.05) is 21.0 Å². The summed E-state index contributed by atoms with van der Waals surface area (Å²) in [4.78, 5) is 14.1. The van der Waals surface area contributed by atoms with Crippen LogP contribution in [0.1, 0.15) is 32.8 Å². The molecule has 0 aromatic heterocycles. The molecule has 24 heavy (non-hydrogen) atoms. The molecule has 0 aliphatic heterocycles. The Morgan fingerprint density at radius 1 is 1.21 bits per heavy atom. The van der Waals surface area contributed by atoms with Gasteiger partial charge in [0, 0.05) is 24.5 Å². The van der Waals surface area contributed by atoms with Crippen LogP contribution in [0.25, 0.3) is 0 Å². The molecule has 1 atom stereocenters. The minimum absolute atomic E-state index is 0.0897. The zero-order valence-corrected chi connectivity index (χ0v) is 14.8. The summed E-state index contributed by atoms with van der Waals surface area (Å²) in [6.07, 6.45) is -4.40. The van der Waals surface area contributed by atoms with Crippen molar-refractivity contribution in [3.63, 3.8) is 0 Å². The molecule has 0 radical (unpaired) electrons. The van der Waals surface area contributed by atoms with Crippen LogP contribution in [0, 0.1) is 0 Å². The van der Waals surface area contributed by atoms with Gasteiger partial charge in [0.1, 0.15) is 0 Å². The number of carbonyl (C=O) groups is 1. The molecule has 7 heteroatoms. The number of carbonyl (C=O) groups excluding carboxylic acids is 1. The first-order chi connectivity index (χ1) is 10.9. The van der Waals surface area contributed by atoms with E-state index in [9.17, 15) is 18.0 Å². The van der Waals surface area contributed by atoms with E-state index in [1.54, 1.807) is 0 Å². The van der Waals surface area contributed by atoms with E-state index in [0.29, 0.717) is 6.54 Å². The van der Waals surface area contributed by atoms with E-state index < -0.39 is 17.6 Å². The molecule has 136 valence electrons. The smallest absolute Gasteiger partial charge is 0.325 e. The molecule has 0 spiro atoms. The van der Waals surface area contributed by atoms with Crippen molar-refractivity contribution >= 4 is 11.6 Å². The van der Waals surface area contributed by atoms with E-state index in [-0.39, 0.29) is 23.7 Å². The maximum atomic E-state index is 12.9. The molecule has 0 aliphatic rings. The molecule has 1 rings (SSSR count). The second-order valence-electron chi connectivity index (χ2n) is 6.78. The molecule has 4 nitrogen and oxygen atoms in total. The standard InChI is InChI=1S/C17H26F3N3O/c1-12(21-11-16(2,3)23(4)5)10-15(24)22-14-9-7-6-8-13(14)17(18,19)20/h6-9,12,21H,10-11H2,1-5H3,(H,22,24). The van der Waals surface area contributed by atoms with Gasteiger partial charge in [0.25, 0.3) is 0 Å². The Hall–Kier alpha value is -1.60. The molecule has 0 fully saturated rings. The number of hydrogen-bond acceptors (Lipinski definition) is 3. The van der Waals surface area contributed by atoms with Gasteiger partial charge >= 0.3 is 6.18 Å². The van der Waals surface area contributed by atoms with Crippen molar-refractivity contribution in [2.24, 2.45) is 0 Å². The Kier molecular flexibility index (Phi) is 6.80. The molecule has 2 N–H and O–H groups in total. The lowest BCUT2D eigenvalue weighted by molar-refractivity contribution is -0.137. The minimum Gasteiger partial charge on any atom is -0.325 e. The van der Waals surface area contributed by atoms with Crippen molar-refractivity contribution in [3.8, 4) is 0 Å². The van der Waals surface area contributed by atoms with Crippen LogP contribution in [0.3, 0.4) is 0 Å². The largest absolute Gasteiger partial charge is 0.418 e. The average Bonchev–Trinajstić information content (AvgIpc) is 2.44.